The van der Waals surface area contributed by atoms with Crippen molar-refractivity contribution in [3.05, 3.63) is 47.8 Å². The molecule has 1 N–H and O–H groups in total. The Bertz CT molecular complexity index is 664. The first-order valence-electron chi connectivity index (χ1n) is 6.58. The zero-order valence-corrected chi connectivity index (χ0v) is 12.0. The van der Waals surface area contributed by atoms with Crippen molar-refractivity contribution in [1.82, 2.24) is 9.78 Å². The van der Waals surface area contributed by atoms with Gasteiger partial charge in [-0.05, 0) is 24.6 Å². The molecule has 6 heteroatoms. The molecule has 0 atom stereocenters. The summed E-state index contributed by atoms with van der Waals surface area (Å²) in [4.78, 5) is 24.9. The first kappa shape index (κ1) is 14.8. The minimum atomic E-state index is -0.942. The Morgan fingerprint density at radius 3 is 2.57 bits per heavy atom. The van der Waals surface area contributed by atoms with E-state index >= 15 is 0 Å². The number of benzene rings is 1. The maximum absolute atomic E-state index is 12.6. The number of carbonyl (C=O) groups is 2. The van der Waals surface area contributed by atoms with Crippen LogP contribution in [0.1, 0.15) is 22.5 Å². The fourth-order valence-corrected chi connectivity index (χ4v) is 2.07. The van der Waals surface area contributed by atoms with Crippen LogP contribution in [0.25, 0.3) is 0 Å². The molecular weight excluding hydrogens is 270 g/mol. The Kier molecular flexibility index (Phi) is 4.37. The third kappa shape index (κ3) is 3.47. The number of anilines is 1. The van der Waals surface area contributed by atoms with Crippen LogP contribution in [0.4, 0.5) is 5.69 Å². The van der Waals surface area contributed by atoms with Gasteiger partial charge in [-0.1, -0.05) is 18.2 Å². The number of hydrogen-bond donors (Lipinski definition) is 1. The molecule has 0 aliphatic rings. The number of carbonyl (C=O) groups excluding carboxylic acids is 1. The summed E-state index contributed by atoms with van der Waals surface area (Å²) >= 11 is 0. The third-order valence-corrected chi connectivity index (χ3v) is 3.13. The van der Waals surface area contributed by atoms with E-state index in [2.05, 4.69) is 5.10 Å². The number of rotatable bonds is 5. The molecule has 1 amide bonds. The molecule has 1 heterocycles. The first-order valence-corrected chi connectivity index (χ1v) is 6.58. The minimum absolute atomic E-state index is 0.107. The molecule has 0 aliphatic carbocycles. The fraction of sp³-hybridized carbons (Fsp3) is 0.267. The SMILES string of the molecule is Cc1ccccc1N(CCC(=O)O)C(=O)c1ccn(C)n1. The Hall–Kier alpha value is -2.63. The largest absolute Gasteiger partial charge is 0.481 e. The molecule has 0 saturated heterocycles. The highest BCUT2D eigenvalue weighted by molar-refractivity contribution is 6.05. The van der Waals surface area contributed by atoms with E-state index in [4.69, 9.17) is 5.11 Å². The highest BCUT2D eigenvalue weighted by atomic mass is 16.4. The molecule has 2 rings (SSSR count). The second-order valence-corrected chi connectivity index (χ2v) is 4.76. The van der Waals surface area contributed by atoms with Crippen molar-refractivity contribution >= 4 is 17.6 Å². The van der Waals surface area contributed by atoms with E-state index in [9.17, 15) is 9.59 Å². The maximum atomic E-state index is 12.6. The van der Waals surface area contributed by atoms with Gasteiger partial charge in [0.1, 0.15) is 0 Å². The number of amides is 1. The van der Waals surface area contributed by atoms with Crippen molar-refractivity contribution in [2.45, 2.75) is 13.3 Å². The van der Waals surface area contributed by atoms with E-state index in [-0.39, 0.29) is 18.9 Å². The molecule has 6 nitrogen and oxygen atoms in total. The average Bonchev–Trinajstić information content (AvgIpc) is 2.87. The average molecular weight is 287 g/mol. The van der Waals surface area contributed by atoms with Crippen molar-refractivity contribution in [3.8, 4) is 0 Å². The van der Waals surface area contributed by atoms with Gasteiger partial charge in [-0.3, -0.25) is 14.3 Å². The highest BCUT2D eigenvalue weighted by Gasteiger charge is 2.21. The molecule has 2 aromatic rings. The predicted octanol–water partition coefficient (Wildman–Crippen LogP) is 1.85. The lowest BCUT2D eigenvalue weighted by Gasteiger charge is -2.23. The monoisotopic (exact) mass is 287 g/mol. The number of aromatic nitrogens is 2. The molecule has 110 valence electrons. The summed E-state index contributed by atoms with van der Waals surface area (Å²) in [6, 6.07) is 9.00. The Morgan fingerprint density at radius 1 is 1.29 bits per heavy atom. The number of aryl methyl sites for hydroxylation is 2. The van der Waals surface area contributed by atoms with Crippen LogP contribution < -0.4 is 4.90 Å². The van der Waals surface area contributed by atoms with Crippen LogP contribution in [0.2, 0.25) is 0 Å². The molecule has 1 aromatic heterocycles. The molecule has 0 unspecified atom stereocenters. The van der Waals surface area contributed by atoms with E-state index < -0.39 is 5.97 Å². The molecule has 1 aromatic carbocycles. The quantitative estimate of drug-likeness (QED) is 0.910. The second-order valence-electron chi connectivity index (χ2n) is 4.76. The summed E-state index contributed by atoms with van der Waals surface area (Å²) in [6.07, 6.45) is 1.56. The predicted molar refractivity (Wildman–Crippen MR) is 78.3 cm³/mol. The van der Waals surface area contributed by atoms with Gasteiger partial charge in [-0.2, -0.15) is 5.10 Å². The number of aliphatic carboxylic acids is 1. The Morgan fingerprint density at radius 2 is 2.00 bits per heavy atom. The van der Waals surface area contributed by atoms with Crippen molar-refractivity contribution in [2.75, 3.05) is 11.4 Å². The van der Waals surface area contributed by atoms with Crippen LogP contribution in [0, 0.1) is 6.92 Å². The van der Waals surface area contributed by atoms with Gasteiger partial charge in [0.25, 0.3) is 5.91 Å². The van der Waals surface area contributed by atoms with Gasteiger partial charge in [0.2, 0.25) is 0 Å². The van der Waals surface area contributed by atoms with Gasteiger partial charge in [-0.15, -0.1) is 0 Å². The van der Waals surface area contributed by atoms with Crippen molar-refractivity contribution in [1.29, 1.82) is 0 Å². The molecular formula is C15H17N3O3. The van der Waals surface area contributed by atoms with Gasteiger partial charge in [0, 0.05) is 25.5 Å². The first-order chi connectivity index (χ1) is 9.99. The zero-order chi connectivity index (χ0) is 15.4. The second kappa shape index (κ2) is 6.21. The maximum Gasteiger partial charge on any atom is 0.305 e. The van der Waals surface area contributed by atoms with Gasteiger partial charge >= 0.3 is 5.97 Å². The van der Waals surface area contributed by atoms with Crippen molar-refractivity contribution in [3.63, 3.8) is 0 Å². The molecule has 0 radical (unpaired) electrons. The molecule has 0 bridgehead atoms. The van der Waals surface area contributed by atoms with Crippen LogP contribution in [0.15, 0.2) is 36.5 Å². The number of carboxylic acids is 1. The van der Waals surface area contributed by atoms with Gasteiger partial charge in [0.15, 0.2) is 5.69 Å². The van der Waals surface area contributed by atoms with Crippen LogP contribution in [0.5, 0.6) is 0 Å². The van der Waals surface area contributed by atoms with Crippen LogP contribution in [0.3, 0.4) is 0 Å². The Balaban J connectivity index is 2.34. The van der Waals surface area contributed by atoms with Gasteiger partial charge in [-0.25, -0.2) is 0 Å². The Labute approximate surface area is 122 Å². The number of para-hydroxylation sites is 1. The molecule has 0 spiro atoms. The number of hydrogen-bond acceptors (Lipinski definition) is 3. The van der Waals surface area contributed by atoms with E-state index in [0.717, 1.165) is 5.56 Å². The third-order valence-electron chi connectivity index (χ3n) is 3.13. The molecule has 21 heavy (non-hydrogen) atoms. The molecule has 0 aliphatic heterocycles. The topological polar surface area (TPSA) is 75.4 Å². The van der Waals surface area contributed by atoms with E-state index in [1.165, 1.54) is 4.90 Å². The van der Waals surface area contributed by atoms with Crippen LogP contribution in [-0.4, -0.2) is 33.3 Å². The summed E-state index contributed by atoms with van der Waals surface area (Å²) < 4.78 is 1.54. The van der Waals surface area contributed by atoms with Gasteiger partial charge < -0.3 is 10.0 Å². The van der Waals surface area contributed by atoms with E-state index in [1.54, 1.807) is 30.1 Å². The summed E-state index contributed by atoms with van der Waals surface area (Å²) in [5, 5.41) is 13.0. The lowest BCUT2D eigenvalue weighted by molar-refractivity contribution is -0.136. The van der Waals surface area contributed by atoms with E-state index in [1.807, 2.05) is 25.1 Å². The highest BCUT2D eigenvalue weighted by Crippen LogP contribution is 2.21. The smallest absolute Gasteiger partial charge is 0.305 e. The summed E-state index contributed by atoms with van der Waals surface area (Å²) in [5.74, 6) is -1.24. The molecule has 0 fully saturated rings. The fourth-order valence-electron chi connectivity index (χ4n) is 2.07. The van der Waals surface area contributed by atoms with Crippen LogP contribution >= 0.6 is 0 Å². The lowest BCUT2D eigenvalue weighted by Crippen LogP contribution is -2.34. The van der Waals surface area contributed by atoms with Crippen molar-refractivity contribution in [2.24, 2.45) is 7.05 Å². The van der Waals surface area contributed by atoms with Crippen molar-refractivity contribution < 1.29 is 14.7 Å². The molecule has 0 saturated carbocycles. The lowest BCUT2D eigenvalue weighted by atomic mass is 10.1. The van der Waals surface area contributed by atoms with Crippen LogP contribution in [-0.2, 0) is 11.8 Å². The standard InChI is InChI=1S/C15H17N3O3/c1-11-5-3-4-6-13(11)18(10-8-14(19)20)15(21)12-7-9-17(2)16-12/h3-7,9H,8,10H2,1-2H3,(H,19,20). The summed E-state index contributed by atoms with van der Waals surface area (Å²) in [5.41, 5.74) is 1.91. The number of carboxylic acid groups (broad SMARTS) is 1. The minimum Gasteiger partial charge on any atom is -0.481 e. The number of nitrogens with zero attached hydrogens (tertiary/aromatic N) is 3. The van der Waals surface area contributed by atoms with Gasteiger partial charge in [0.05, 0.1) is 6.42 Å². The summed E-state index contributed by atoms with van der Waals surface area (Å²) in [7, 11) is 1.73. The zero-order valence-electron chi connectivity index (χ0n) is 12.0. The summed E-state index contributed by atoms with van der Waals surface area (Å²) in [6.45, 7) is 1.99. The van der Waals surface area contributed by atoms with E-state index in [0.29, 0.717) is 11.4 Å². The normalized spacial score (nSPS) is 10.4.